The van der Waals surface area contributed by atoms with E-state index < -0.39 is 29.0 Å². The number of ether oxygens (including phenoxy) is 1. The molecule has 0 radical (unpaired) electrons. The molecule has 5 nitrogen and oxygen atoms in total. The van der Waals surface area contributed by atoms with Crippen LogP contribution < -0.4 is 4.90 Å². The molecule has 1 atom stereocenters. The van der Waals surface area contributed by atoms with Gasteiger partial charge in [0, 0.05) is 5.69 Å². The van der Waals surface area contributed by atoms with Crippen molar-refractivity contribution in [3.63, 3.8) is 0 Å². The zero-order valence-electron chi connectivity index (χ0n) is 11.4. The first-order chi connectivity index (χ1) is 9.83. The number of esters is 1. The van der Waals surface area contributed by atoms with Gasteiger partial charge in [0.1, 0.15) is 5.82 Å². The zero-order chi connectivity index (χ0) is 15.8. The summed E-state index contributed by atoms with van der Waals surface area (Å²) in [6, 6.07) is 5.03. The molecule has 2 rings (SSSR count). The fourth-order valence-electron chi connectivity index (χ4n) is 2.15. The molecule has 0 aromatic heterocycles. The van der Waals surface area contributed by atoms with Gasteiger partial charge in [-0.3, -0.25) is 9.69 Å². The largest absolute Gasteiger partial charge is 0.502 e. The minimum absolute atomic E-state index is 0.0165. The summed E-state index contributed by atoms with van der Waals surface area (Å²) in [5.41, 5.74) is -1.26. The van der Waals surface area contributed by atoms with Crippen molar-refractivity contribution in [2.24, 2.45) is 0 Å². The van der Waals surface area contributed by atoms with Crippen molar-refractivity contribution in [3.05, 3.63) is 40.3 Å². The Hall–Kier alpha value is -1.89. The molecule has 0 bridgehead atoms. The Labute approximate surface area is 129 Å². The number of hydrogen-bond donors (Lipinski definition) is 1. The maximum absolute atomic E-state index is 13.0. The molecule has 21 heavy (non-hydrogen) atoms. The quantitative estimate of drug-likeness (QED) is 0.844. The summed E-state index contributed by atoms with van der Waals surface area (Å²) < 4.78 is 18.0. The van der Waals surface area contributed by atoms with Crippen LogP contribution in [0.1, 0.15) is 13.8 Å². The number of halogens is 2. The van der Waals surface area contributed by atoms with E-state index in [4.69, 9.17) is 4.74 Å². The fraction of sp³-hybridized carbons (Fsp3) is 0.286. The number of aliphatic hydroxyl groups is 1. The normalized spacial score (nSPS) is 21.9. The van der Waals surface area contributed by atoms with Gasteiger partial charge in [0.15, 0.2) is 11.3 Å². The second kappa shape index (κ2) is 5.48. The van der Waals surface area contributed by atoms with Crippen molar-refractivity contribution < 1.29 is 23.8 Å². The highest BCUT2D eigenvalue weighted by molar-refractivity contribution is 9.11. The Balaban J connectivity index is 2.55. The monoisotopic (exact) mass is 357 g/mol. The van der Waals surface area contributed by atoms with Crippen LogP contribution in [0.25, 0.3) is 0 Å². The Morgan fingerprint density at radius 2 is 2.00 bits per heavy atom. The summed E-state index contributed by atoms with van der Waals surface area (Å²) in [4.78, 5) is 25.5. The van der Waals surface area contributed by atoms with Gasteiger partial charge in [-0.25, -0.2) is 9.18 Å². The number of rotatable bonds is 3. The predicted octanol–water partition coefficient (Wildman–Crippen LogP) is 2.66. The predicted molar refractivity (Wildman–Crippen MR) is 77.5 cm³/mol. The third-order valence-corrected chi connectivity index (χ3v) is 4.39. The van der Waals surface area contributed by atoms with Crippen molar-refractivity contribution in [1.29, 1.82) is 0 Å². The molecule has 0 aliphatic carbocycles. The molecule has 1 aromatic rings. The topological polar surface area (TPSA) is 66.8 Å². The standard InChI is InChI=1S/C14H13BrFNO4/c1-3-21-13(20)14(2)11(15)10(18)12(19)17(14)9-6-4-8(16)5-7-9/h4-7,18H,3H2,1-2H3. The number of hydrogen-bond acceptors (Lipinski definition) is 4. The van der Waals surface area contributed by atoms with E-state index in [2.05, 4.69) is 15.9 Å². The minimum atomic E-state index is -1.53. The van der Waals surface area contributed by atoms with E-state index in [-0.39, 0.29) is 16.8 Å². The minimum Gasteiger partial charge on any atom is -0.502 e. The van der Waals surface area contributed by atoms with E-state index in [1.54, 1.807) is 6.92 Å². The Morgan fingerprint density at radius 3 is 2.52 bits per heavy atom. The molecule has 0 saturated carbocycles. The summed E-state index contributed by atoms with van der Waals surface area (Å²) in [6.07, 6.45) is 0. The molecular weight excluding hydrogens is 345 g/mol. The van der Waals surface area contributed by atoms with Crippen LogP contribution in [0.4, 0.5) is 10.1 Å². The summed E-state index contributed by atoms with van der Waals surface area (Å²) in [5.74, 6) is -2.50. The molecular formula is C14H13BrFNO4. The van der Waals surface area contributed by atoms with E-state index in [9.17, 15) is 19.1 Å². The van der Waals surface area contributed by atoms with Gasteiger partial charge in [-0.2, -0.15) is 0 Å². The molecule has 1 unspecified atom stereocenters. The summed E-state index contributed by atoms with van der Waals surface area (Å²) in [5, 5.41) is 9.86. The average molecular weight is 358 g/mol. The summed E-state index contributed by atoms with van der Waals surface area (Å²) in [6.45, 7) is 3.21. The van der Waals surface area contributed by atoms with Crippen molar-refractivity contribution in [3.8, 4) is 0 Å². The summed E-state index contributed by atoms with van der Waals surface area (Å²) in [7, 11) is 0. The van der Waals surface area contributed by atoms with Crippen molar-refractivity contribution in [1.82, 2.24) is 0 Å². The van der Waals surface area contributed by atoms with E-state index >= 15 is 0 Å². The Bertz CT molecular complexity index is 628. The van der Waals surface area contributed by atoms with Crippen molar-refractivity contribution in [2.45, 2.75) is 19.4 Å². The van der Waals surface area contributed by atoms with Crippen molar-refractivity contribution in [2.75, 3.05) is 11.5 Å². The number of amides is 1. The molecule has 1 N–H and O–H groups in total. The van der Waals surface area contributed by atoms with Crippen LogP contribution in [0, 0.1) is 5.82 Å². The zero-order valence-corrected chi connectivity index (χ0v) is 13.0. The van der Waals surface area contributed by atoms with E-state index in [0.29, 0.717) is 0 Å². The van der Waals surface area contributed by atoms with Gasteiger partial charge < -0.3 is 9.84 Å². The Kier molecular flexibility index (Phi) is 4.04. The van der Waals surface area contributed by atoms with Gasteiger partial charge in [-0.05, 0) is 54.0 Å². The highest BCUT2D eigenvalue weighted by Crippen LogP contribution is 2.42. The highest BCUT2D eigenvalue weighted by Gasteiger charge is 2.55. The van der Waals surface area contributed by atoms with E-state index in [1.807, 2.05) is 0 Å². The maximum atomic E-state index is 13.0. The number of carbonyl (C=O) groups is 2. The second-order valence-electron chi connectivity index (χ2n) is 4.57. The van der Waals surface area contributed by atoms with Crippen LogP contribution in [-0.2, 0) is 14.3 Å². The van der Waals surface area contributed by atoms with E-state index in [0.717, 1.165) is 17.0 Å². The lowest BCUT2D eigenvalue weighted by molar-refractivity contribution is -0.147. The van der Waals surface area contributed by atoms with Gasteiger partial charge in [-0.15, -0.1) is 0 Å². The SMILES string of the molecule is CCOC(=O)C1(C)C(Br)=C(O)C(=O)N1c1ccc(F)cc1. The summed E-state index contributed by atoms with van der Waals surface area (Å²) >= 11 is 3.08. The van der Waals surface area contributed by atoms with Crippen LogP contribution >= 0.6 is 15.9 Å². The molecule has 0 saturated heterocycles. The average Bonchev–Trinajstić information content (AvgIpc) is 2.63. The van der Waals surface area contributed by atoms with Crippen LogP contribution in [0.3, 0.4) is 0 Å². The molecule has 112 valence electrons. The number of carbonyl (C=O) groups excluding carboxylic acids is 2. The van der Waals surface area contributed by atoms with Crippen LogP contribution in [0.15, 0.2) is 34.5 Å². The maximum Gasteiger partial charge on any atom is 0.337 e. The van der Waals surface area contributed by atoms with Gasteiger partial charge in [-0.1, -0.05) is 0 Å². The van der Waals surface area contributed by atoms with Gasteiger partial charge in [0.05, 0.1) is 11.1 Å². The number of aliphatic hydroxyl groups excluding tert-OH is 1. The fourth-order valence-corrected chi connectivity index (χ4v) is 2.66. The third kappa shape index (κ3) is 2.31. The first-order valence-electron chi connectivity index (χ1n) is 6.20. The van der Waals surface area contributed by atoms with Crippen LogP contribution in [0.5, 0.6) is 0 Å². The lowest BCUT2D eigenvalue weighted by atomic mass is 10.0. The molecule has 7 heteroatoms. The number of anilines is 1. The van der Waals surface area contributed by atoms with E-state index in [1.165, 1.54) is 19.1 Å². The van der Waals surface area contributed by atoms with Crippen LogP contribution in [-0.4, -0.2) is 29.1 Å². The first kappa shape index (κ1) is 15.5. The Morgan fingerprint density at radius 1 is 1.43 bits per heavy atom. The molecule has 0 spiro atoms. The molecule has 1 amide bonds. The van der Waals surface area contributed by atoms with Gasteiger partial charge in [0.2, 0.25) is 0 Å². The first-order valence-corrected chi connectivity index (χ1v) is 6.99. The third-order valence-electron chi connectivity index (χ3n) is 3.25. The van der Waals surface area contributed by atoms with Gasteiger partial charge in [0.25, 0.3) is 5.91 Å². The number of nitrogens with zero attached hydrogens (tertiary/aromatic N) is 1. The second-order valence-corrected chi connectivity index (χ2v) is 5.37. The molecule has 1 aliphatic heterocycles. The molecule has 0 fully saturated rings. The van der Waals surface area contributed by atoms with Gasteiger partial charge >= 0.3 is 5.97 Å². The molecule has 1 aliphatic rings. The molecule has 1 heterocycles. The lowest BCUT2D eigenvalue weighted by Gasteiger charge is -2.33. The smallest absolute Gasteiger partial charge is 0.337 e. The van der Waals surface area contributed by atoms with Crippen molar-refractivity contribution >= 4 is 33.5 Å². The number of benzene rings is 1. The highest BCUT2D eigenvalue weighted by atomic mass is 79.9. The molecule has 1 aromatic carbocycles. The lowest BCUT2D eigenvalue weighted by Crippen LogP contribution is -2.52. The van der Waals surface area contributed by atoms with Crippen LogP contribution in [0.2, 0.25) is 0 Å².